The average molecular weight is 238 g/mol. The van der Waals surface area contributed by atoms with Crippen molar-refractivity contribution in [1.82, 2.24) is 14.7 Å². The standard InChI is InChI=1S/C12H22N4O/c1-14-6-4-8-16(10-9-14)11-12(17)15(2)7-3-5-13/h3-4,6-11H2,1-2H3. The third-order valence-electron chi connectivity index (χ3n) is 3.16. The summed E-state index contributed by atoms with van der Waals surface area (Å²) < 4.78 is 0. The molecule has 0 saturated carbocycles. The number of nitriles is 1. The number of rotatable bonds is 4. The van der Waals surface area contributed by atoms with Crippen LogP contribution in [-0.2, 0) is 4.79 Å². The topological polar surface area (TPSA) is 50.6 Å². The van der Waals surface area contributed by atoms with Gasteiger partial charge in [-0.25, -0.2) is 0 Å². The van der Waals surface area contributed by atoms with Crippen LogP contribution in [0.15, 0.2) is 0 Å². The third-order valence-corrected chi connectivity index (χ3v) is 3.16. The number of hydrogen-bond acceptors (Lipinski definition) is 4. The van der Waals surface area contributed by atoms with Gasteiger partial charge >= 0.3 is 0 Å². The molecule has 5 heteroatoms. The lowest BCUT2D eigenvalue weighted by atomic mass is 10.3. The van der Waals surface area contributed by atoms with Crippen LogP contribution in [0.1, 0.15) is 12.8 Å². The summed E-state index contributed by atoms with van der Waals surface area (Å²) >= 11 is 0. The lowest BCUT2D eigenvalue weighted by Crippen LogP contribution is -2.40. The fraction of sp³-hybridized carbons (Fsp3) is 0.833. The van der Waals surface area contributed by atoms with Gasteiger partial charge in [-0.1, -0.05) is 0 Å². The summed E-state index contributed by atoms with van der Waals surface area (Å²) in [6.45, 7) is 5.08. The molecule has 0 unspecified atom stereocenters. The van der Waals surface area contributed by atoms with Gasteiger partial charge in [0, 0.05) is 26.7 Å². The predicted octanol–water partition coefficient (Wildman–Crippen LogP) is -0.00402. The van der Waals surface area contributed by atoms with Crippen LogP contribution in [0.5, 0.6) is 0 Å². The molecule has 0 spiro atoms. The van der Waals surface area contributed by atoms with Crippen LogP contribution in [0.3, 0.4) is 0 Å². The Morgan fingerprint density at radius 2 is 2.12 bits per heavy atom. The van der Waals surface area contributed by atoms with E-state index in [-0.39, 0.29) is 5.91 Å². The minimum atomic E-state index is 0.116. The maximum Gasteiger partial charge on any atom is 0.236 e. The van der Waals surface area contributed by atoms with Crippen LogP contribution < -0.4 is 0 Å². The Bertz CT molecular complexity index is 287. The summed E-state index contributed by atoms with van der Waals surface area (Å²) in [6, 6.07) is 2.06. The Kier molecular flexibility index (Phi) is 5.95. The van der Waals surface area contributed by atoms with Crippen LogP contribution in [-0.4, -0.2) is 74.0 Å². The Morgan fingerprint density at radius 3 is 2.82 bits per heavy atom. The zero-order valence-corrected chi connectivity index (χ0v) is 10.9. The van der Waals surface area contributed by atoms with Crippen LogP contribution in [0.4, 0.5) is 0 Å². The van der Waals surface area contributed by atoms with Gasteiger partial charge in [-0.3, -0.25) is 9.69 Å². The molecule has 1 rings (SSSR count). The molecule has 1 aliphatic rings. The monoisotopic (exact) mass is 238 g/mol. The van der Waals surface area contributed by atoms with Crippen molar-refractivity contribution in [3.63, 3.8) is 0 Å². The van der Waals surface area contributed by atoms with Crippen molar-refractivity contribution < 1.29 is 4.79 Å². The van der Waals surface area contributed by atoms with Crippen LogP contribution in [0.25, 0.3) is 0 Å². The molecular formula is C12H22N4O. The lowest BCUT2D eigenvalue weighted by Gasteiger charge is -2.23. The Balaban J connectivity index is 2.32. The minimum absolute atomic E-state index is 0.116. The number of hydrogen-bond donors (Lipinski definition) is 0. The summed E-state index contributed by atoms with van der Waals surface area (Å²) in [5.74, 6) is 0.116. The van der Waals surface area contributed by atoms with Crippen molar-refractivity contribution in [3.8, 4) is 6.07 Å². The Hall–Kier alpha value is -1.12. The fourth-order valence-electron chi connectivity index (χ4n) is 1.91. The molecule has 1 fully saturated rings. The van der Waals surface area contributed by atoms with E-state index in [9.17, 15) is 4.79 Å². The maximum atomic E-state index is 11.9. The zero-order valence-electron chi connectivity index (χ0n) is 10.9. The molecule has 1 amide bonds. The summed E-state index contributed by atoms with van der Waals surface area (Å²) in [5.41, 5.74) is 0. The normalized spacial score (nSPS) is 18.4. The summed E-state index contributed by atoms with van der Waals surface area (Å²) in [5, 5.41) is 8.48. The third kappa shape index (κ3) is 5.16. The largest absolute Gasteiger partial charge is 0.344 e. The highest BCUT2D eigenvalue weighted by molar-refractivity contribution is 5.78. The highest BCUT2D eigenvalue weighted by Gasteiger charge is 2.16. The van der Waals surface area contributed by atoms with Crippen LogP contribution >= 0.6 is 0 Å². The van der Waals surface area contributed by atoms with Gasteiger partial charge in [-0.15, -0.1) is 0 Å². The highest BCUT2D eigenvalue weighted by Crippen LogP contribution is 2.01. The van der Waals surface area contributed by atoms with Gasteiger partial charge in [0.2, 0.25) is 5.91 Å². The van der Waals surface area contributed by atoms with Crippen LogP contribution in [0, 0.1) is 11.3 Å². The number of nitrogens with zero attached hydrogens (tertiary/aromatic N) is 4. The van der Waals surface area contributed by atoms with Gasteiger partial charge in [0.1, 0.15) is 0 Å². The number of amides is 1. The van der Waals surface area contributed by atoms with Crippen molar-refractivity contribution in [3.05, 3.63) is 0 Å². The second-order valence-corrected chi connectivity index (χ2v) is 4.66. The highest BCUT2D eigenvalue weighted by atomic mass is 16.2. The summed E-state index contributed by atoms with van der Waals surface area (Å²) in [7, 11) is 3.88. The molecule has 0 aromatic heterocycles. The number of carbonyl (C=O) groups excluding carboxylic acids is 1. The Morgan fingerprint density at radius 1 is 1.35 bits per heavy atom. The molecule has 0 aromatic carbocycles. The molecule has 1 heterocycles. The minimum Gasteiger partial charge on any atom is -0.344 e. The molecule has 0 atom stereocenters. The molecule has 0 N–H and O–H groups in total. The lowest BCUT2D eigenvalue weighted by molar-refractivity contribution is -0.131. The first-order valence-electron chi connectivity index (χ1n) is 6.15. The van der Waals surface area contributed by atoms with Crippen molar-refractivity contribution in [2.75, 3.05) is 53.4 Å². The van der Waals surface area contributed by atoms with E-state index in [1.165, 1.54) is 0 Å². The average Bonchev–Trinajstić information content (AvgIpc) is 2.51. The van der Waals surface area contributed by atoms with Crippen molar-refractivity contribution in [2.45, 2.75) is 12.8 Å². The van der Waals surface area contributed by atoms with Gasteiger partial charge in [-0.2, -0.15) is 5.26 Å². The van der Waals surface area contributed by atoms with E-state index in [1.54, 1.807) is 11.9 Å². The zero-order chi connectivity index (χ0) is 12.7. The first-order chi connectivity index (χ1) is 8.13. The predicted molar refractivity (Wildman–Crippen MR) is 66.4 cm³/mol. The van der Waals surface area contributed by atoms with E-state index < -0.39 is 0 Å². The first kappa shape index (κ1) is 13.9. The maximum absolute atomic E-state index is 11.9. The molecule has 1 aliphatic heterocycles. The molecule has 0 aromatic rings. The second-order valence-electron chi connectivity index (χ2n) is 4.66. The molecule has 96 valence electrons. The molecule has 0 radical (unpaired) electrons. The van der Waals surface area contributed by atoms with E-state index in [0.717, 1.165) is 32.6 Å². The SMILES string of the molecule is CN1CCCN(CC(=O)N(C)CCC#N)CC1. The number of likely N-dealkylation sites (N-methyl/N-ethyl adjacent to an activating group) is 2. The molecule has 5 nitrogen and oxygen atoms in total. The van der Waals surface area contributed by atoms with Crippen molar-refractivity contribution in [1.29, 1.82) is 5.26 Å². The molecule has 1 saturated heterocycles. The van der Waals surface area contributed by atoms with E-state index in [4.69, 9.17) is 5.26 Å². The molecular weight excluding hydrogens is 216 g/mol. The van der Waals surface area contributed by atoms with E-state index in [1.807, 2.05) is 0 Å². The molecule has 0 bridgehead atoms. The van der Waals surface area contributed by atoms with Crippen LogP contribution in [0.2, 0.25) is 0 Å². The van der Waals surface area contributed by atoms with E-state index in [2.05, 4.69) is 22.9 Å². The van der Waals surface area contributed by atoms with Gasteiger partial charge < -0.3 is 9.80 Å². The second kappa shape index (κ2) is 7.25. The molecule has 17 heavy (non-hydrogen) atoms. The summed E-state index contributed by atoms with van der Waals surface area (Å²) in [4.78, 5) is 18.0. The Labute approximate surface area is 104 Å². The van der Waals surface area contributed by atoms with Crippen molar-refractivity contribution in [2.24, 2.45) is 0 Å². The summed E-state index contributed by atoms with van der Waals surface area (Å²) in [6.07, 6.45) is 1.52. The fourth-order valence-corrected chi connectivity index (χ4v) is 1.91. The van der Waals surface area contributed by atoms with E-state index in [0.29, 0.717) is 19.5 Å². The first-order valence-corrected chi connectivity index (χ1v) is 6.15. The number of carbonyl (C=O) groups is 1. The van der Waals surface area contributed by atoms with Gasteiger partial charge in [0.15, 0.2) is 0 Å². The van der Waals surface area contributed by atoms with Gasteiger partial charge in [-0.05, 0) is 26.6 Å². The van der Waals surface area contributed by atoms with Gasteiger partial charge in [0.25, 0.3) is 0 Å². The van der Waals surface area contributed by atoms with E-state index >= 15 is 0 Å². The van der Waals surface area contributed by atoms with Gasteiger partial charge in [0.05, 0.1) is 19.0 Å². The molecule has 0 aliphatic carbocycles. The van der Waals surface area contributed by atoms with Crippen molar-refractivity contribution >= 4 is 5.91 Å². The smallest absolute Gasteiger partial charge is 0.236 e. The quantitative estimate of drug-likeness (QED) is 0.691.